The maximum absolute atomic E-state index is 2.74. The van der Waals surface area contributed by atoms with Crippen LogP contribution in [0.1, 0.15) is 0 Å². The average Bonchev–Trinajstić information content (AvgIpc) is 3.29. The SMILES string of the molecule is c1ccc(-c2ccc(-c3ccc(N(c4ccc(-c5ccccc5)cc4)c4cccc([Si](c5ccccc5)(c5ccccc5)c5ccccc5)c4)cc3)cc2)cc1. The van der Waals surface area contributed by atoms with E-state index in [0.717, 1.165) is 17.1 Å². The van der Waals surface area contributed by atoms with Crippen molar-refractivity contribution < 1.29 is 0 Å². The van der Waals surface area contributed by atoms with E-state index < -0.39 is 8.07 Å². The van der Waals surface area contributed by atoms with Crippen molar-refractivity contribution >= 4 is 45.9 Å². The van der Waals surface area contributed by atoms with Crippen molar-refractivity contribution in [2.24, 2.45) is 0 Å². The molecule has 9 aromatic carbocycles. The molecule has 0 saturated carbocycles. The number of hydrogen-bond donors (Lipinski definition) is 0. The standard InChI is InChI=1S/C54H41NSi/c1-6-17-42(18-7-1)44-29-31-45(32-30-44)47-35-39-49(40-36-47)55(48-37-33-46(34-38-48)43-19-8-2-9-20-43)50-21-16-28-54(41-50)56(51-22-10-3-11-23-51,52-24-12-4-13-25-52)53-26-14-5-15-27-53/h1-41H. The van der Waals surface area contributed by atoms with Crippen molar-refractivity contribution in [2.75, 3.05) is 4.90 Å². The number of nitrogens with zero attached hydrogens (tertiary/aromatic N) is 1. The highest BCUT2D eigenvalue weighted by atomic mass is 28.3. The van der Waals surface area contributed by atoms with Gasteiger partial charge in [-0.05, 0) is 90.5 Å². The van der Waals surface area contributed by atoms with Gasteiger partial charge in [0.2, 0.25) is 0 Å². The third-order valence-corrected chi connectivity index (χ3v) is 15.6. The summed E-state index contributed by atoms with van der Waals surface area (Å²) in [5, 5.41) is 5.41. The molecular weight excluding hydrogens is 691 g/mol. The third kappa shape index (κ3) is 6.79. The Labute approximate surface area is 331 Å². The summed E-state index contributed by atoms with van der Waals surface area (Å²) in [5.74, 6) is 0. The largest absolute Gasteiger partial charge is 0.311 e. The molecule has 0 amide bonds. The van der Waals surface area contributed by atoms with Gasteiger partial charge in [0.25, 0.3) is 0 Å². The van der Waals surface area contributed by atoms with Crippen LogP contribution >= 0.6 is 0 Å². The van der Waals surface area contributed by atoms with E-state index in [1.54, 1.807) is 0 Å². The molecule has 0 saturated heterocycles. The fourth-order valence-corrected chi connectivity index (χ4v) is 12.9. The van der Waals surface area contributed by atoms with Crippen molar-refractivity contribution in [3.63, 3.8) is 0 Å². The number of hydrogen-bond acceptors (Lipinski definition) is 1. The smallest absolute Gasteiger partial charge is 0.179 e. The molecule has 0 fully saturated rings. The Bertz CT molecular complexity index is 2530. The molecular formula is C54H41NSi. The van der Waals surface area contributed by atoms with Crippen LogP contribution in [0.2, 0.25) is 0 Å². The minimum Gasteiger partial charge on any atom is -0.311 e. The number of benzene rings is 9. The molecule has 2 heteroatoms. The summed E-state index contributed by atoms with van der Waals surface area (Å²) in [4.78, 5) is 2.40. The summed E-state index contributed by atoms with van der Waals surface area (Å²) >= 11 is 0. The van der Waals surface area contributed by atoms with Gasteiger partial charge < -0.3 is 4.90 Å². The maximum atomic E-state index is 2.44. The van der Waals surface area contributed by atoms with Crippen LogP contribution in [0.25, 0.3) is 33.4 Å². The van der Waals surface area contributed by atoms with E-state index in [9.17, 15) is 0 Å². The lowest BCUT2D eigenvalue weighted by Crippen LogP contribution is -2.74. The minimum atomic E-state index is -2.74. The van der Waals surface area contributed by atoms with Crippen molar-refractivity contribution in [3.8, 4) is 33.4 Å². The molecule has 0 aliphatic heterocycles. The molecule has 0 aromatic heterocycles. The van der Waals surface area contributed by atoms with Gasteiger partial charge >= 0.3 is 0 Å². The Kier molecular flexibility index (Phi) is 9.78. The Morgan fingerprint density at radius 1 is 0.214 bits per heavy atom. The van der Waals surface area contributed by atoms with Crippen LogP contribution in [0.15, 0.2) is 249 Å². The van der Waals surface area contributed by atoms with Gasteiger partial charge in [0, 0.05) is 17.1 Å². The maximum Gasteiger partial charge on any atom is 0.179 e. The predicted molar refractivity (Wildman–Crippen MR) is 241 cm³/mol. The van der Waals surface area contributed by atoms with E-state index in [-0.39, 0.29) is 0 Å². The second-order valence-corrected chi connectivity index (χ2v) is 17.9. The van der Waals surface area contributed by atoms with Gasteiger partial charge in [-0.3, -0.25) is 0 Å². The first-order chi connectivity index (χ1) is 27.8. The fourth-order valence-electron chi connectivity index (χ4n) is 8.11. The highest BCUT2D eigenvalue weighted by Gasteiger charge is 2.41. The fraction of sp³-hybridized carbons (Fsp3) is 0. The first-order valence-electron chi connectivity index (χ1n) is 19.3. The van der Waals surface area contributed by atoms with Crippen LogP contribution in [0.5, 0.6) is 0 Å². The predicted octanol–water partition coefficient (Wildman–Crippen LogP) is 11.5. The molecule has 266 valence electrons. The van der Waals surface area contributed by atoms with E-state index in [4.69, 9.17) is 0 Å². The average molecular weight is 732 g/mol. The third-order valence-electron chi connectivity index (χ3n) is 10.8. The van der Waals surface area contributed by atoms with Gasteiger partial charge in [0.1, 0.15) is 0 Å². The van der Waals surface area contributed by atoms with Crippen molar-refractivity contribution in [1.29, 1.82) is 0 Å². The monoisotopic (exact) mass is 731 g/mol. The molecule has 0 bridgehead atoms. The lowest BCUT2D eigenvalue weighted by molar-refractivity contribution is 1.29. The molecule has 0 radical (unpaired) electrons. The van der Waals surface area contributed by atoms with Crippen LogP contribution in [0.3, 0.4) is 0 Å². The number of anilines is 3. The van der Waals surface area contributed by atoms with Crippen molar-refractivity contribution in [3.05, 3.63) is 249 Å². The Balaban J connectivity index is 1.18. The van der Waals surface area contributed by atoms with Crippen LogP contribution in [0, 0.1) is 0 Å². The summed E-state index contributed by atoms with van der Waals surface area (Å²) in [5.41, 5.74) is 10.6. The van der Waals surface area contributed by atoms with Crippen molar-refractivity contribution in [2.45, 2.75) is 0 Å². The first-order valence-corrected chi connectivity index (χ1v) is 21.3. The summed E-state index contributed by atoms with van der Waals surface area (Å²) in [6.07, 6.45) is 0. The zero-order valence-electron chi connectivity index (χ0n) is 31.1. The van der Waals surface area contributed by atoms with E-state index in [2.05, 4.69) is 254 Å². The summed E-state index contributed by atoms with van der Waals surface area (Å²) in [6.45, 7) is 0. The highest BCUT2D eigenvalue weighted by molar-refractivity contribution is 7.19. The molecule has 0 atom stereocenters. The van der Waals surface area contributed by atoms with E-state index in [1.807, 2.05) is 0 Å². The van der Waals surface area contributed by atoms with Crippen molar-refractivity contribution in [1.82, 2.24) is 0 Å². The van der Waals surface area contributed by atoms with Crippen LogP contribution in [0.4, 0.5) is 17.1 Å². The Morgan fingerprint density at radius 2 is 0.500 bits per heavy atom. The van der Waals surface area contributed by atoms with E-state index in [1.165, 1.54) is 54.1 Å². The topological polar surface area (TPSA) is 3.24 Å². The Morgan fingerprint density at radius 3 is 0.857 bits per heavy atom. The second-order valence-electron chi connectivity index (χ2n) is 14.1. The molecule has 0 aliphatic carbocycles. The lowest BCUT2D eigenvalue weighted by Gasteiger charge is -2.35. The molecule has 0 aliphatic rings. The molecule has 0 unspecified atom stereocenters. The second kappa shape index (κ2) is 15.8. The summed E-state index contributed by atoms with van der Waals surface area (Å²) in [6, 6.07) is 90.7. The van der Waals surface area contributed by atoms with E-state index in [0.29, 0.717) is 0 Å². The van der Waals surface area contributed by atoms with Gasteiger partial charge in [-0.25, -0.2) is 0 Å². The highest BCUT2D eigenvalue weighted by Crippen LogP contribution is 2.37. The zero-order valence-corrected chi connectivity index (χ0v) is 32.1. The molecule has 0 spiro atoms. The first kappa shape index (κ1) is 34.7. The van der Waals surface area contributed by atoms with Crippen LogP contribution < -0.4 is 25.6 Å². The van der Waals surface area contributed by atoms with Gasteiger partial charge in [0.05, 0.1) is 0 Å². The molecule has 0 N–H and O–H groups in total. The van der Waals surface area contributed by atoms with E-state index >= 15 is 0 Å². The molecule has 9 aromatic rings. The molecule has 9 rings (SSSR count). The molecule has 0 heterocycles. The normalized spacial score (nSPS) is 11.2. The summed E-state index contributed by atoms with van der Waals surface area (Å²) in [7, 11) is -2.74. The van der Waals surface area contributed by atoms with Crippen LogP contribution in [-0.4, -0.2) is 8.07 Å². The minimum absolute atomic E-state index is 1.10. The van der Waals surface area contributed by atoms with Crippen LogP contribution in [-0.2, 0) is 0 Å². The molecule has 56 heavy (non-hydrogen) atoms. The van der Waals surface area contributed by atoms with Gasteiger partial charge in [-0.15, -0.1) is 0 Å². The number of rotatable bonds is 10. The Hall–Kier alpha value is -7.00. The quantitative estimate of drug-likeness (QED) is 0.1000. The van der Waals surface area contributed by atoms with Gasteiger partial charge in [-0.1, -0.05) is 212 Å². The summed E-state index contributed by atoms with van der Waals surface area (Å²) < 4.78 is 0. The zero-order chi connectivity index (χ0) is 37.6. The lowest BCUT2D eigenvalue weighted by atomic mass is 10.00. The molecule has 1 nitrogen and oxygen atoms in total. The van der Waals surface area contributed by atoms with Gasteiger partial charge in [-0.2, -0.15) is 0 Å². The van der Waals surface area contributed by atoms with Gasteiger partial charge in [0.15, 0.2) is 8.07 Å².